The quantitative estimate of drug-likeness (QED) is 0.0988. The van der Waals surface area contributed by atoms with Crippen molar-refractivity contribution in [1.29, 1.82) is 0 Å². The highest BCUT2D eigenvalue weighted by Gasteiger charge is 2.03. The lowest BCUT2D eigenvalue weighted by atomic mass is 10.0. The van der Waals surface area contributed by atoms with E-state index in [1.165, 1.54) is 128 Å². The Hall–Kier alpha value is -2.29. The molecule has 0 heterocycles. The van der Waals surface area contributed by atoms with Gasteiger partial charge in [-0.3, -0.25) is 4.99 Å². The van der Waals surface area contributed by atoms with E-state index in [9.17, 15) is 5.11 Å². The molecule has 0 aliphatic rings. The Morgan fingerprint density at radius 2 is 1.10 bits per heavy atom. The SMILES string of the molecule is CCCCCCCCCCCCCCCCCCOc1ccc(C=Nc2ccc(CCCCCC)cc2)c(O)c1. The first-order valence-electron chi connectivity index (χ1n) is 16.8. The molecule has 2 rings (SSSR count). The first-order chi connectivity index (χ1) is 19.7. The zero-order valence-electron chi connectivity index (χ0n) is 26.0. The number of aromatic hydroxyl groups is 1. The van der Waals surface area contributed by atoms with Gasteiger partial charge in [0.1, 0.15) is 11.5 Å². The van der Waals surface area contributed by atoms with Gasteiger partial charge in [0, 0.05) is 17.8 Å². The minimum Gasteiger partial charge on any atom is -0.507 e. The first kappa shape index (κ1) is 33.9. The number of nitrogens with zero attached hydrogens (tertiary/aromatic N) is 1. The topological polar surface area (TPSA) is 41.8 Å². The number of phenols is 1. The van der Waals surface area contributed by atoms with Crippen LogP contribution in [0.4, 0.5) is 5.69 Å². The van der Waals surface area contributed by atoms with Gasteiger partial charge in [-0.1, -0.05) is 142 Å². The highest BCUT2D eigenvalue weighted by Crippen LogP contribution is 2.24. The van der Waals surface area contributed by atoms with Crippen LogP contribution in [0.1, 0.15) is 153 Å². The number of phenolic OH excluding ortho intramolecular Hbond substituents is 1. The average molecular weight is 550 g/mol. The van der Waals surface area contributed by atoms with Gasteiger partial charge in [-0.25, -0.2) is 0 Å². The van der Waals surface area contributed by atoms with E-state index >= 15 is 0 Å². The zero-order valence-corrected chi connectivity index (χ0v) is 26.0. The molecule has 2 aromatic carbocycles. The van der Waals surface area contributed by atoms with Crippen molar-refractivity contribution in [2.24, 2.45) is 4.99 Å². The molecule has 0 unspecified atom stereocenters. The molecule has 0 amide bonds. The molecule has 3 nitrogen and oxygen atoms in total. The van der Waals surface area contributed by atoms with Crippen LogP contribution in [0.25, 0.3) is 0 Å². The Morgan fingerprint density at radius 3 is 1.62 bits per heavy atom. The molecule has 40 heavy (non-hydrogen) atoms. The average Bonchev–Trinajstić information content (AvgIpc) is 2.97. The molecule has 0 aromatic heterocycles. The Kier molecular flexibility index (Phi) is 19.9. The van der Waals surface area contributed by atoms with Gasteiger partial charge in [-0.15, -0.1) is 0 Å². The molecule has 1 N–H and O–H groups in total. The lowest BCUT2D eigenvalue weighted by molar-refractivity contribution is 0.302. The van der Waals surface area contributed by atoms with Crippen LogP contribution in [0, 0.1) is 0 Å². The molecule has 3 heteroatoms. The van der Waals surface area contributed by atoms with Crippen LogP contribution in [0.15, 0.2) is 47.5 Å². The Balaban J connectivity index is 1.49. The van der Waals surface area contributed by atoms with Gasteiger partial charge in [-0.05, 0) is 49.1 Å². The van der Waals surface area contributed by atoms with E-state index in [-0.39, 0.29) is 5.75 Å². The van der Waals surface area contributed by atoms with Crippen molar-refractivity contribution in [2.45, 2.75) is 149 Å². The summed E-state index contributed by atoms with van der Waals surface area (Å²) in [6, 6.07) is 13.9. The number of rotatable bonds is 25. The number of aliphatic imine (C=N–C) groups is 1. The molecule has 2 aromatic rings. The number of hydrogen-bond acceptors (Lipinski definition) is 3. The third-order valence-corrected chi connectivity index (χ3v) is 7.88. The summed E-state index contributed by atoms with van der Waals surface area (Å²) in [5.41, 5.74) is 2.97. The Bertz CT molecular complexity index is 890. The summed E-state index contributed by atoms with van der Waals surface area (Å²) in [4.78, 5) is 4.54. The van der Waals surface area contributed by atoms with Gasteiger partial charge in [0.25, 0.3) is 0 Å². The van der Waals surface area contributed by atoms with Gasteiger partial charge in [-0.2, -0.15) is 0 Å². The van der Waals surface area contributed by atoms with Crippen molar-refractivity contribution in [3.63, 3.8) is 0 Å². The predicted molar refractivity (Wildman–Crippen MR) is 175 cm³/mol. The summed E-state index contributed by atoms with van der Waals surface area (Å²) >= 11 is 0. The molecular formula is C37H59NO2. The lowest BCUT2D eigenvalue weighted by Crippen LogP contribution is -1.97. The summed E-state index contributed by atoms with van der Waals surface area (Å²) in [7, 11) is 0. The van der Waals surface area contributed by atoms with Gasteiger partial charge in [0.2, 0.25) is 0 Å². The second-order valence-electron chi connectivity index (χ2n) is 11.6. The molecule has 0 aliphatic carbocycles. The van der Waals surface area contributed by atoms with E-state index in [1.54, 1.807) is 12.3 Å². The molecule has 0 fully saturated rings. The molecule has 0 aliphatic heterocycles. The van der Waals surface area contributed by atoms with Gasteiger partial charge >= 0.3 is 0 Å². The van der Waals surface area contributed by atoms with Crippen LogP contribution < -0.4 is 4.74 Å². The Labute approximate surface area is 246 Å². The second kappa shape index (κ2) is 23.4. The maximum atomic E-state index is 10.4. The second-order valence-corrected chi connectivity index (χ2v) is 11.6. The fourth-order valence-electron chi connectivity index (χ4n) is 5.21. The number of ether oxygens (including phenoxy) is 1. The normalized spacial score (nSPS) is 11.4. The van der Waals surface area contributed by atoms with Crippen LogP contribution in [0.5, 0.6) is 11.5 Å². The van der Waals surface area contributed by atoms with Crippen LogP contribution in [-0.2, 0) is 6.42 Å². The molecule has 0 saturated carbocycles. The zero-order chi connectivity index (χ0) is 28.5. The molecule has 0 spiro atoms. The molecule has 224 valence electrons. The fraction of sp³-hybridized carbons (Fsp3) is 0.649. The molecule has 0 radical (unpaired) electrons. The highest BCUT2D eigenvalue weighted by molar-refractivity contribution is 5.85. The maximum Gasteiger partial charge on any atom is 0.128 e. The largest absolute Gasteiger partial charge is 0.507 e. The van der Waals surface area contributed by atoms with Crippen molar-refractivity contribution in [3.05, 3.63) is 53.6 Å². The predicted octanol–water partition coefficient (Wildman–Crippen LogP) is 11.9. The molecule has 0 bridgehead atoms. The smallest absolute Gasteiger partial charge is 0.128 e. The van der Waals surface area contributed by atoms with E-state index in [0.717, 1.165) is 24.3 Å². The van der Waals surface area contributed by atoms with E-state index in [2.05, 4.69) is 43.1 Å². The van der Waals surface area contributed by atoms with Gasteiger partial charge in [0.15, 0.2) is 0 Å². The third-order valence-electron chi connectivity index (χ3n) is 7.88. The van der Waals surface area contributed by atoms with Gasteiger partial charge < -0.3 is 9.84 Å². The molecular weight excluding hydrogens is 490 g/mol. The van der Waals surface area contributed by atoms with Crippen molar-refractivity contribution in [3.8, 4) is 11.5 Å². The summed E-state index contributed by atoms with van der Waals surface area (Å²) < 4.78 is 5.88. The van der Waals surface area contributed by atoms with Crippen LogP contribution in [0.3, 0.4) is 0 Å². The standard InChI is InChI=1S/C37H59NO2/c1-3-5-7-9-10-11-12-13-14-15-16-17-18-19-20-22-30-40-36-29-26-34(37(39)31-36)32-38-35-27-24-33(25-28-35)23-21-8-6-4-2/h24-29,31-32,39H,3-23,30H2,1-2H3. The van der Waals surface area contributed by atoms with Crippen LogP contribution >= 0.6 is 0 Å². The van der Waals surface area contributed by atoms with E-state index in [4.69, 9.17) is 4.74 Å². The summed E-state index contributed by atoms with van der Waals surface area (Å²) in [6.07, 6.45) is 29.9. The van der Waals surface area contributed by atoms with E-state index in [0.29, 0.717) is 12.2 Å². The van der Waals surface area contributed by atoms with Gasteiger partial charge in [0.05, 0.1) is 12.3 Å². The van der Waals surface area contributed by atoms with Crippen molar-refractivity contribution in [1.82, 2.24) is 0 Å². The van der Waals surface area contributed by atoms with E-state index in [1.807, 2.05) is 12.1 Å². The monoisotopic (exact) mass is 549 g/mol. The molecule has 0 saturated heterocycles. The highest BCUT2D eigenvalue weighted by atomic mass is 16.5. The van der Waals surface area contributed by atoms with Crippen molar-refractivity contribution >= 4 is 11.9 Å². The lowest BCUT2D eigenvalue weighted by Gasteiger charge is -2.08. The molecule has 0 atom stereocenters. The maximum absolute atomic E-state index is 10.4. The van der Waals surface area contributed by atoms with Crippen molar-refractivity contribution in [2.75, 3.05) is 6.61 Å². The summed E-state index contributed by atoms with van der Waals surface area (Å²) in [5, 5.41) is 10.4. The minimum atomic E-state index is 0.209. The number of unbranched alkanes of at least 4 members (excludes halogenated alkanes) is 18. The number of benzene rings is 2. The summed E-state index contributed by atoms with van der Waals surface area (Å²) in [5.74, 6) is 0.934. The van der Waals surface area contributed by atoms with E-state index < -0.39 is 0 Å². The fourth-order valence-corrected chi connectivity index (χ4v) is 5.21. The minimum absolute atomic E-state index is 0.209. The Morgan fingerprint density at radius 1 is 0.600 bits per heavy atom. The summed E-state index contributed by atoms with van der Waals surface area (Å²) in [6.45, 7) is 5.24. The third kappa shape index (κ3) is 16.7. The number of hydrogen-bond donors (Lipinski definition) is 1. The van der Waals surface area contributed by atoms with Crippen LogP contribution in [0.2, 0.25) is 0 Å². The number of aryl methyl sites for hydroxylation is 1. The first-order valence-corrected chi connectivity index (χ1v) is 16.8. The van der Waals surface area contributed by atoms with Crippen molar-refractivity contribution < 1.29 is 9.84 Å². The van der Waals surface area contributed by atoms with Crippen LogP contribution in [-0.4, -0.2) is 17.9 Å².